The van der Waals surface area contributed by atoms with E-state index < -0.39 is 46.9 Å². The first-order chi connectivity index (χ1) is 20.7. The van der Waals surface area contributed by atoms with Gasteiger partial charge in [-0.1, -0.05) is 41.9 Å². The summed E-state index contributed by atoms with van der Waals surface area (Å²) in [5.74, 6) is -5.47. The summed E-state index contributed by atoms with van der Waals surface area (Å²) in [4.78, 5) is 51.3. The Morgan fingerprint density at radius 1 is 0.884 bits per heavy atom. The number of ether oxygens (including phenoxy) is 2. The highest BCUT2D eigenvalue weighted by molar-refractivity contribution is 6.30. The number of halogens is 2. The SMILES string of the molecule is CCOC(=O)C1[C@@H](C(=O)Nc2ccc(-n3ccc(OCc4ccccc4)cc3=O)cc2F)[C@H]1C(=O)Nc1ccc(Cl)cc1. The topological polar surface area (TPSA) is 116 Å². The van der Waals surface area contributed by atoms with Gasteiger partial charge in [0.05, 0.1) is 35.7 Å². The molecular weight excluding hydrogens is 577 g/mol. The number of benzene rings is 3. The molecule has 3 atom stereocenters. The van der Waals surface area contributed by atoms with Crippen LogP contribution in [0.25, 0.3) is 5.69 Å². The number of nitrogens with one attached hydrogen (secondary N) is 2. The molecular formula is C32H27ClFN3O6. The van der Waals surface area contributed by atoms with Crippen molar-refractivity contribution in [3.63, 3.8) is 0 Å². The summed E-state index contributed by atoms with van der Waals surface area (Å²) in [5, 5.41) is 5.61. The van der Waals surface area contributed by atoms with Gasteiger partial charge in [0.15, 0.2) is 0 Å². The monoisotopic (exact) mass is 603 g/mol. The minimum absolute atomic E-state index is 0.0742. The average molecular weight is 604 g/mol. The van der Waals surface area contributed by atoms with E-state index in [9.17, 15) is 19.2 Å². The first-order valence-corrected chi connectivity index (χ1v) is 13.9. The zero-order chi connectivity index (χ0) is 30.5. The maximum atomic E-state index is 15.1. The summed E-state index contributed by atoms with van der Waals surface area (Å²) in [6, 6.07) is 22.6. The van der Waals surface area contributed by atoms with Gasteiger partial charge in [-0.2, -0.15) is 0 Å². The van der Waals surface area contributed by atoms with Crippen molar-refractivity contribution < 1.29 is 28.2 Å². The minimum atomic E-state index is -1.06. The molecule has 4 aromatic rings. The van der Waals surface area contributed by atoms with Crippen molar-refractivity contribution in [2.24, 2.45) is 17.8 Å². The second kappa shape index (κ2) is 12.9. The lowest BCUT2D eigenvalue weighted by molar-refractivity contribution is -0.146. The van der Waals surface area contributed by atoms with Gasteiger partial charge in [0, 0.05) is 29.0 Å². The van der Waals surface area contributed by atoms with Crippen LogP contribution in [0.15, 0.2) is 95.9 Å². The summed E-state index contributed by atoms with van der Waals surface area (Å²) < 4.78 is 27.1. The van der Waals surface area contributed by atoms with Crippen LogP contribution in [0.3, 0.4) is 0 Å². The molecule has 43 heavy (non-hydrogen) atoms. The molecule has 1 fully saturated rings. The molecule has 2 N–H and O–H groups in total. The first-order valence-electron chi connectivity index (χ1n) is 13.5. The molecule has 0 radical (unpaired) electrons. The van der Waals surface area contributed by atoms with Crippen molar-refractivity contribution >= 4 is 40.8 Å². The maximum absolute atomic E-state index is 15.1. The van der Waals surface area contributed by atoms with Crippen molar-refractivity contribution in [3.05, 3.63) is 118 Å². The van der Waals surface area contributed by atoms with Crippen molar-refractivity contribution in [1.29, 1.82) is 0 Å². The molecule has 2 amide bonds. The van der Waals surface area contributed by atoms with Crippen LogP contribution in [0.2, 0.25) is 5.02 Å². The summed E-state index contributed by atoms with van der Waals surface area (Å²) in [6.45, 7) is 1.98. The van der Waals surface area contributed by atoms with Crippen LogP contribution in [0, 0.1) is 23.6 Å². The van der Waals surface area contributed by atoms with Gasteiger partial charge in [0.1, 0.15) is 18.2 Å². The second-order valence-corrected chi connectivity index (χ2v) is 10.3. The van der Waals surface area contributed by atoms with Crippen LogP contribution in [0.4, 0.5) is 15.8 Å². The molecule has 5 rings (SSSR count). The number of hydrogen-bond acceptors (Lipinski definition) is 6. The number of anilines is 2. The van der Waals surface area contributed by atoms with Gasteiger partial charge in [0.25, 0.3) is 5.56 Å². The van der Waals surface area contributed by atoms with Crippen molar-refractivity contribution in [3.8, 4) is 11.4 Å². The highest BCUT2D eigenvalue weighted by atomic mass is 35.5. The first kappa shape index (κ1) is 29.5. The number of pyridine rings is 1. The van der Waals surface area contributed by atoms with Gasteiger partial charge >= 0.3 is 5.97 Å². The van der Waals surface area contributed by atoms with E-state index in [2.05, 4.69) is 10.6 Å². The largest absolute Gasteiger partial charge is 0.489 e. The zero-order valence-corrected chi connectivity index (χ0v) is 23.7. The van der Waals surface area contributed by atoms with Crippen molar-refractivity contribution in [2.75, 3.05) is 17.2 Å². The Hall–Kier alpha value is -4.96. The predicted octanol–water partition coefficient (Wildman–Crippen LogP) is 5.21. The predicted molar refractivity (Wildman–Crippen MR) is 159 cm³/mol. The van der Waals surface area contributed by atoms with Crippen LogP contribution in [-0.2, 0) is 25.7 Å². The molecule has 0 bridgehead atoms. The van der Waals surface area contributed by atoms with Gasteiger partial charge in [-0.15, -0.1) is 0 Å². The van der Waals surface area contributed by atoms with Gasteiger partial charge < -0.3 is 20.1 Å². The molecule has 11 heteroatoms. The number of amides is 2. The lowest BCUT2D eigenvalue weighted by Gasteiger charge is -2.11. The third-order valence-corrected chi connectivity index (χ3v) is 7.18. The van der Waals surface area contributed by atoms with E-state index in [0.29, 0.717) is 16.5 Å². The molecule has 0 spiro atoms. The minimum Gasteiger partial charge on any atom is -0.489 e. The smallest absolute Gasteiger partial charge is 0.310 e. The van der Waals surface area contributed by atoms with Crippen LogP contribution in [0.1, 0.15) is 12.5 Å². The molecule has 1 aromatic heterocycles. The number of hydrogen-bond donors (Lipinski definition) is 2. The number of rotatable bonds is 10. The third-order valence-electron chi connectivity index (χ3n) is 6.92. The molecule has 9 nitrogen and oxygen atoms in total. The lowest BCUT2D eigenvalue weighted by atomic mass is 10.2. The highest BCUT2D eigenvalue weighted by Gasteiger charge is 2.63. The maximum Gasteiger partial charge on any atom is 0.310 e. The Bertz CT molecular complexity index is 1710. The molecule has 0 aliphatic heterocycles. The fourth-order valence-electron chi connectivity index (χ4n) is 4.73. The molecule has 3 aromatic carbocycles. The quantitative estimate of drug-likeness (QED) is 0.240. The van der Waals surface area contributed by atoms with E-state index in [-0.39, 0.29) is 24.6 Å². The Labute approximate surface area is 251 Å². The van der Waals surface area contributed by atoms with E-state index in [4.69, 9.17) is 21.1 Å². The van der Waals surface area contributed by atoms with E-state index in [1.165, 1.54) is 29.0 Å². The summed E-state index contributed by atoms with van der Waals surface area (Å²) >= 11 is 5.89. The van der Waals surface area contributed by atoms with Gasteiger partial charge in [-0.25, -0.2) is 4.39 Å². The molecule has 220 valence electrons. The zero-order valence-electron chi connectivity index (χ0n) is 23.0. The van der Waals surface area contributed by atoms with Crippen molar-refractivity contribution in [2.45, 2.75) is 13.5 Å². The fraction of sp³-hybridized carbons (Fsp3) is 0.188. The normalized spacial score (nSPS) is 17.0. The van der Waals surface area contributed by atoms with Crippen LogP contribution < -0.4 is 20.9 Å². The Morgan fingerprint density at radius 2 is 1.58 bits per heavy atom. The van der Waals surface area contributed by atoms with Gasteiger partial charge in [-0.05, 0) is 55.0 Å². The van der Waals surface area contributed by atoms with Gasteiger partial charge in [0.2, 0.25) is 11.8 Å². The van der Waals surface area contributed by atoms with E-state index in [1.54, 1.807) is 37.3 Å². The van der Waals surface area contributed by atoms with E-state index >= 15 is 4.39 Å². The molecule has 1 aliphatic carbocycles. The number of esters is 1. The standard InChI is InChI=1S/C32H27ClFN3O6/c1-2-42-32(41)29-27(30(39)35-21-10-8-20(33)9-11-21)28(29)31(40)36-25-13-12-22(16-24(25)34)37-15-14-23(17-26(37)38)43-18-19-6-4-3-5-7-19/h3-17,27-29H,2,18H2,1H3,(H,35,39)(H,36,40)/t27-,28+,29?/m1/s1. The molecule has 1 heterocycles. The lowest BCUT2D eigenvalue weighted by Crippen LogP contribution is -2.21. The molecule has 1 aliphatic rings. The highest BCUT2D eigenvalue weighted by Crippen LogP contribution is 2.48. The Balaban J connectivity index is 1.26. The van der Waals surface area contributed by atoms with Crippen molar-refractivity contribution in [1.82, 2.24) is 4.57 Å². The Morgan fingerprint density at radius 3 is 2.23 bits per heavy atom. The van der Waals surface area contributed by atoms with E-state index in [1.807, 2.05) is 30.3 Å². The third kappa shape index (κ3) is 6.92. The molecule has 1 unspecified atom stereocenters. The summed E-state index contributed by atoms with van der Waals surface area (Å²) in [5.41, 5.74) is 1.00. The number of aromatic nitrogens is 1. The number of nitrogens with zero attached hydrogens (tertiary/aromatic N) is 1. The molecule has 1 saturated carbocycles. The molecule has 0 saturated heterocycles. The Kier molecular flexibility index (Phi) is 8.87. The summed E-state index contributed by atoms with van der Waals surface area (Å²) in [6.07, 6.45) is 1.47. The van der Waals surface area contributed by atoms with Crippen LogP contribution in [0.5, 0.6) is 5.75 Å². The summed E-state index contributed by atoms with van der Waals surface area (Å²) in [7, 11) is 0. The fourth-order valence-corrected chi connectivity index (χ4v) is 4.86. The van der Waals surface area contributed by atoms with Crippen LogP contribution in [-0.4, -0.2) is 29.0 Å². The average Bonchev–Trinajstić information content (AvgIpc) is 3.76. The van der Waals surface area contributed by atoms with Gasteiger partial charge in [-0.3, -0.25) is 23.7 Å². The number of carbonyl (C=O) groups is 3. The van der Waals surface area contributed by atoms with E-state index in [0.717, 1.165) is 11.6 Å². The number of carbonyl (C=O) groups excluding carboxylic acids is 3. The van der Waals surface area contributed by atoms with Crippen LogP contribution >= 0.6 is 11.6 Å². The second-order valence-electron chi connectivity index (χ2n) is 9.82.